The maximum atomic E-state index is 11.0. The fraction of sp³-hybridized carbons (Fsp3) is 1.00. The van der Waals surface area contributed by atoms with Crippen LogP contribution in [-0.2, 0) is 0 Å². The summed E-state index contributed by atoms with van der Waals surface area (Å²) in [7, 11) is 0. The van der Waals surface area contributed by atoms with Crippen LogP contribution < -0.4 is 0 Å². The third-order valence-corrected chi connectivity index (χ3v) is 0.690. The van der Waals surface area contributed by atoms with Gasteiger partial charge in [-0.05, 0) is 5.18 Å². The molecule has 2 nitrogen and oxygen atoms in total. The van der Waals surface area contributed by atoms with Crippen molar-refractivity contribution in [2.75, 3.05) is 0 Å². The van der Waals surface area contributed by atoms with Crippen molar-refractivity contribution in [1.82, 2.24) is 0 Å². The van der Waals surface area contributed by atoms with Gasteiger partial charge in [-0.15, -0.1) is 4.91 Å². The third kappa shape index (κ3) is 2.11. The second kappa shape index (κ2) is 2.30. The monoisotopic (exact) mass is 147 g/mol. The molecule has 0 saturated carbocycles. The highest BCUT2D eigenvalue weighted by molar-refractivity contribution is 6.20. The van der Waals surface area contributed by atoms with E-state index in [0.29, 0.717) is 0 Å². The van der Waals surface area contributed by atoms with Crippen molar-refractivity contribution >= 4 is 11.6 Å². The number of alkyl halides is 4. The van der Waals surface area contributed by atoms with Gasteiger partial charge in [-0.3, -0.25) is 0 Å². The molecule has 8 heavy (non-hydrogen) atoms. The molecule has 0 aromatic rings. The minimum absolute atomic E-state index is 1.55. The molecule has 48 valence electrons. The van der Waals surface area contributed by atoms with Crippen LogP contribution in [0.5, 0.6) is 0 Å². The molecule has 0 heterocycles. The number of hydrogen-bond donors (Lipinski definition) is 0. The van der Waals surface area contributed by atoms with Crippen LogP contribution >= 0.6 is 11.6 Å². The van der Waals surface area contributed by atoms with Gasteiger partial charge < -0.3 is 0 Å². The predicted octanol–water partition coefficient (Wildman–Crippen LogP) is 1.88. The minimum Gasteiger partial charge on any atom is -0.167 e. The van der Waals surface area contributed by atoms with Crippen LogP contribution in [0.1, 0.15) is 0 Å². The molecule has 0 saturated heterocycles. The summed E-state index contributed by atoms with van der Waals surface area (Å²) in [6.45, 7) is 0. The molecule has 0 spiro atoms. The Morgan fingerprint density at radius 2 is 1.88 bits per heavy atom. The van der Waals surface area contributed by atoms with E-state index in [1.807, 2.05) is 0 Å². The fourth-order valence-corrected chi connectivity index (χ4v) is 0.0598. The molecule has 1 unspecified atom stereocenters. The summed E-state index contributed by atoms with van der Waals surface area (Å²) in [5.41, 5.74) is -2.61. The SMILES string of the molecule is O=NC(Cl)C(F)(F)F. The molecule has 0 aliphatic rings. The molecular formula is C2HClF3NO. The second-order valence-electron chi connectivity index (χ2n) is 0.983. The van der Waals surface area contributed by atoms with Gasteiger partial charge in [-0.1, -0.05) is 11.6 Å². The van der Waals surface area contributed by atoms with Crippen molar-refractivity contribution in [3.63, 3.8) is 0 Å². The van der Waals surface area contributed by atoms with Gasteiger partial charge in [0.25, 0.3) is 5.50 Å². The second-order valence-corrected chi connectivity index (χ2v) is 1.40. The average Bonchev–Trinajstić information content (AvgIpc) is 1.62. The van der Waals surface area contributed by atoms with Crippen LogP contribution in [0.15, 0.2) is 5.18 Å². The molecule has 0 amide bonds. The van der Waals surface area contributed by atoms with Gasteiger partial charge in [0.2, 0.25) is 0 Å². The summed E-state index contributed by atoms with van der Waals surface area (Å²) in [5, 5.41) is 1.55. The van der Waals surface area contributed by atoms with E-state index in [9.17, 15) is 13.2 Å². The minimum atomic E-state index is -4.71. The van der Waals surface area contributed by atoms with Crippen LogP contribution in [0.2, 0.25) is 0 Å². The third-order valence-electron chi connectivity index (χ3n) is 0.363. The van der Waals surface area contributed by atoms with E-state index in [2.05, 4.69) is 11.6 Å². The molecule has 0 radical (unpaired) electrons. The molecule has 0 fully saturated rings. The van der Waals surface area contributed by atoms with E-state index in [-0.39, 0.29) is 0 Å². The van der Waals surface area contributed by atoms with Crippen LogP contribution in [0.25, 0.3) is 0 Å². The van der Waals surface area contributed by atoms with E-state index in [1.54, 1.807) is 5.18 Å². The first-order chi connectivity index (χ1) is 3.48. The summed E-state index contributed by atoms with van der Waals surface area (Å²) >= 11 is 4.34. The highest BCUT2D eigenvalue weighted by Gasteiger charge is 2.39. The van der Waals surface area contributed by atoms with Gasteiger partial charge in [0.1, 0.15) is 0 Å². The predicted molar refractivity (Wildman–Crippen MR) is 21.5 cm³/mol. The molecule has 0 aliphatic heterocycles. The summed E-state index contributed by atoms with van der Waals surface area (Å²) < 4.78 is 33.1. The van der Waals surface area contributed by atoms with E-state index in [4.69, 9.17) is 4.91 Å². The summed E-state index contributed by atoms with van der Waals surface area (Å²) in [6, 6.07) is 0. The van der Waals surface area contributed by atoms with Crippen molar-refractivity contribution < 1.29 is 13.2 Å². The highest BCUT2D eigenvalue weighted by Crippen LogP contribution is 2.24. The Kier molecular flexibility index (Phi) is 2.21. The standard InChI is InChI=1S/C2HClF3NO/c3-1(7-8)2(4,5)6/h1H. The van der Waals surface area contributed by atoms with Gasteiger partial charge in [0.15, 0.2) is 0 Å². The zero-order chi connectivity index (χ0) is 6.78. The van der Waals surface area contributed by atoms with Crippen LogP contribution in [-0.4, -0.2) is 11.7 Å². The Bertz CT molecular complexity index is 91.8. The van der Waals surface area contributed by atoms with E-state index < -0.39 is 11.7 Å². The van der Waals surface area contributed by atoms with Crippen molar-refractivity contribution in [1.29, 1.82) is 0 Å². The lowest BCUT2D eigenvalue weighted by molar-refractivity contribution is -0.129. The first-order valence-electron chi connectivity index (χ1n) is 1.51. The zero-order valence-corrected chi connectivity index (χ0v) is 4.20. The normalized spacial score (nSPS) is 15.5. The summed E-state index contributed by atoms with van der Waals surface area (Å²) in [4.78, 5) is 9.05. The van der Waals surface area contributed by atoms with Gasteiger partial charge >= 0.3 is 6.18 Å². The highest BCUT2D eigenvalue weighted by atomic mass is 35.5. The lowest BCUT2D eigenvalue weighted by atomic mass is 10.7. The van der Waals surface area contributed by atoms with Crippen molar-refractivity contribution in [2.24, 2.45) is 5.18 Å². The number of nitrogens with zero attached hydrogens (tertiary/aromatic N) is 1. The molecule has 1 atom stereocenters. The van der Waals surface area contributed by atoms with Crippen LogP contribution in [0.3, 0.4) is 0 Å². The first kappa shape index (κ1) is 7.68. The van der Waals surface area contributed by atoms with E-state index in [1.165, 1.54) is 0 Å². The van der Waals surface area contributed by atoms with E-state index in [0.717, 1.165) is 0 Å². The fourth-order valence-electron chi connectivity index (χ4n) is 0.0598. The molecule has 0 bridgehead atoms. The maximum absolute atomic E-state index is 11.0. The lowest BCUT2D eigenvalue weighted by Crippen LogP contribution is -2.20. The molecular weight excluding hydrogens is 146 g/mol. The smallest absolute Gasteiger partial charge is 0.167 e. The molecule has 6 heteroatoms. The van der Waals surface area contributed by atoms with Gasteiger partial charge in [-0.2, -0.15) is 13.2 Å². The Hall–Kier alpha value is -0.320. The van der Waals surface area contributed by atoms with Crippen LogP contribution in [0, 0.1) is 4.91 Å². The van der Waals surface area contributed by atoms with Crippen molar-refractivity contribution in [3.8, 4) is 0 Å². The molecule has 0 rings (SSSR count). The van der Waals surface area contributed by atoms with Gasteiger partial charge in [-0.25, -0.2) is 0 Å². The summed E-state index contributed by atoms with van der Waals surface area (Å²) in [5.74, 6) is 0. The Balaban J connectivity index is 3.80. The molecule has 0 aliphatic carbocycles. The van der Waals surface area contributed by atoms with E-state index >= 15 is 0 Å². The average molecular weight is 147 g/mol. The van der Waals surface area contributed by atoms with Crippen molar-refractivity contribution in [2.45, 2.75) is 11.7 Å². The molecule has 0 aromatic carbocycles. The molecule has 0 N–H and O–H groups in total. The molecule has 0 aromatic heterocycles. The van der Waals surface area contributed by atoms with Gasteiger partial charge in [0.05, 0.1) is 0 Å². The quantitative estimate of drug-likeness (QED) is 0.316. The Morgan fingerprint density at radius 3 is 1.88 bits per heavy atom. The van der Waals surface area contributed by atoms with Crippen molar-refractivity contribution in [3.05, 3.63) is 4.91 Å². The topological polar surface area (TPSA) is 29.4 Å². The zero-order valence-electron chi connectivity index (χ0n) is 3.44. The number of hydrogen-bond acceptors (Lipinski definition) is 2. The largest absolute Gasteiger partial charge is 0.428 e. The first-order valence-corrected chi connectivity index (χ1v) is 1.95. The Morgan fingerprint density at radius 1 is 1.50 bits per heavy atom. The number of nitroso groups, excluding NO2 is 1. The lowest BCUT2D eigenvalue weighted by Gasteiger charge is -2.02. The maximum Gasteiger partial charge on any atom is 0.428 e. The summed E-state index contributed by atoms with van der Waals surface area (Å²) in [6.07, 6.45) is -4.71. The van der Waals surface area contributed by atoms with Crippen LogP contribution in [0.4, 0.5) is 13.2 Å². The Labute approximate surface area is 47.6 Å². The number of rotatable bonds is 1. The van der Waals surface area contributed by atoms with Gasteiger partial charge in [0, 0.05) is 0 Å². The number of halogens is 4.